The van der Waals surface area contributed by atoms with Gasteiger partial charge in [0.05, 0.1) is 4.92 Å². The van der Waals surface area contributed by atoms with Crippen LogP contribution in [0, 0.1) is 10.1 Å². The van der Waals surface area contributed by atoms with E-state index in [1.807, 2.05) is 0 Å². The van der Waals surface area contributed by atoms with E-state index in [0.717, 1.165) is 24.4 Å². The lowest BCUT2D eigenvalue weighted by atomic mass is 10.2. The maximum atomic E-state index is 12.3. The van der Waals surface area contributed by atoms with Crippen molar-refractivity contribution < 1.29 is 23.5 Å². The van der Waals surface area contributed by atoms with Crippen molar-refractivity contribution in [1.29, 1.82) is 0 Å². The van der Waals surface area contributed by atoms with E-state index in [-0.39, 0.29) is 28.4 Å². The van der Waals surface area contributed by atoms with Gasteiger partial charge >= 0.3 is 6.61 Å². The Morgan fingerprint density at radius 2 is 2.00 bits per heavy atom. The van der Waals surface area contributed by atoms with Crippen LogP contribution < -0.4 is 4.74 Å². The number of nitrogens with zero attached hydrogens (tertiary/aromatic N) is 2. The average Bonchev–Trinajstić information content (AvgIpc) is 2.47. The molecule has 6 nitrogen and oxygen atoms in total. The largest absolute Gasteiger partial charge is 0.507 e. The monoisotopic (exact) mass is 308 g/mol. The van der Waals surface area contributed by atoms with E-state index in [9.17, 15) is 24.0 Å². The second kappa shape index (κ2) is 6.61. The number of aromatic hydroxyl groups is 1. The van der Waals surface area contributed by atoms with Crippen LogP contribution in [0.1, 0.15) is 5.56 Å². The van der Waals surface area contributed by atoms with Crippen molar-refractivity contribution >= 4 is 17.6 Å². The second-order valence-electron chi connectivity index (χ2n) is 4.10. The number of phenolic OH excluding ortho intramolecular Hbond substituents is 1. The van der Waals surface area contributed by atoms with Gasteiger partial charge < -0.3 is 9.84 Å². The molecule has 0 aliphatic heterocycles. The van der Waals surface area contributed by atoms with E-state index in [1.165, 1.54) is 18.2 Å². The molecule has 0 atom stereocenters. The summed E-state index contributed by atoms with van der Waals surface area (Å²) in [6.45, 7) is -3.00. The number of aliphatic imine (C=N–C) groups is 1. The fourth-order valence-electron chi connectivity index (χ4n) is 1.66. The minimum Gasteiger partial charge on any atom is -0.507 e. The Hall–Kier alpha value is -3.03. The molecule has 0 aliphatic carbocycles. The second-order valence-corrected chi connectivity index (χ2v) is 4.10. The van der Waals surface area contributed by atoms with Gasteiger partial charge in [0.2, 0.25) is 0 Å². The van der Waals surface area contributed by atoms with Gasteiger partial charge in [0.15, 0.2) is 5.75 Å². The van der Waals surface area contributed by atoms with Gasteiger partial charge in [-0.25, -0.2) is 0 Å². The molecule has 0 heterocycles. The molecule has 0 saturated heterocycles. The van der Waals surface area contributed by atoms with Crippen molar-refractivity contribution in [1.82, 2.24) is 0 Å². The maximum absolute atomic E-state index is 12.3. The third kappa shape index (κ3) is 3.75. The normalized spacial score (nSPS) is 11.0. The number of halogens is 2. The molecule has 0 aliphatic rings. The molecule has 22 heavy (non-hydrogen) atoms. The summed E-state index contributed by atoms with van der Waals surface area (Å²) in [5.41, 5.74) is -0.0360. The molecular formula is C14H10F2N2O4. The highest BCUT2D eigenvalue weighted by Gasteiger charge is 2.10. The highest BCUT2D eigenvalue weighted by Crippen LogP contribution is 2.29. The van der Waals surface area contributed by atoms with Crippen molar-refractivity contribution in [3.05, 3.63) is 58.1 Å². The van der Waals surface area contributed by atoms with Crippen LogP contribution in [0.4, 0.5) is 20.2 Å². The molecule has 8 heteroatoms. The number of rotatable bonds is 5. The Balaban J connectivity index is 2.33. The van der Waals surface area contributed by atoms with Crippen LogP contribution in [0.2, 0.25) is 0 Å². The van der Waals surface area contributed by atoms with Crippen molar-refractivity contribution in [3.8, 4) is 11.5 Å². The van der Waals surface area contributed by atoms with Crippen LogP contribution in [0.5, 0.6) is 11.5 Å². The van der Waals surface area contributed by atoms with Gasteiger partial charge in [-0.2, -0.15) is 8.78 Å². The zero-order chi connectivity index (χ0) is 16.1. The predicted molar refractivity (Wildman–Crippen MR) is 75.1 cm³/mol. The molecule has 2 rings (SSSR count). The summed E-state index contributed by atoms with van der Waals surface area (Å²) < 4.78 is 28.9. The summed E-state index contributed by atoms with van der Waals surface area (Å²) in [6, 6.07) is 9.23. The number of hydrogen-bond donors (Lipinski definition) is 1. The molecule has 114 valence electrons. The average molecular weight is 308 g/mol. The third-order valence-corrected chi connectivity index (χ3v) is 2.65. The first-order chi connectivity index (χ1) is 10.5. The lowest BCUT2D eigenvalue weighted by Crippen LogP contribution is -2.01. The molecule has 0 aromatic heterocycles. The molecule has 0 saturated carbocycles. The van der Waals surface area contributed by atoms with Crippen molar-refractivity contribution in [2.24, 2.45) is 4.99 Å². The van der Waals surface area contributed by atoms with E-state index >= 15 is 0 Å². The van der Waals surface area contributed by atoms with Crippen LogP contribution >= 0.6 is 0 Å². The Labute approximate surface area is 123 Å². The van der Waals surface area contributed by atoms with Crippen LogP contribution in [-0.2, 0) is 0 Å². The van der Waals surface area contributed by atoms with Gasteiger partial charge in [-0.05, 0) is 18.2 Å². The van der Waals surface area contributed by atoms with Crippen LogP contribution in [0.25, 0.3) is 0 Å². The molecule has 2 aromatic carbocycles. The number of alkyl halides is 2. The van der Waals surface area contributed by atoms with Crippen molar-refractivity contribution in [2.45, 2.75) is 6.61 Å². The molecule has 1 N–H and O–H groups in total. The van der Waals surface area contributed by atoms with Crippen LogP contribution in [0.3, 0.4) is 0 Å². The Kier molecular flexibility index (Phi) is 4.62. The molecule has 2 aromatic rings. The van der Waals surface area contributed by atoms with Crippen molar-refractivity contribution in [3.63, 3.8) is 0 Å². The predicted octanol–water partition coefficient (Wildman–Crippen LogP) is 3.65. The van der Waals surface area contributed by atoms with Gasteiger partial charge in [0, 0.05) is 23.9 Å². The highest BCUT2D eigenvalue weighted by atomic mass is 19.3. The lowest BCUT2D eigenvalue weighted by Gasteiger charge is -2.06. The van der Waals surface area contributed by atoms with Gasteiger partial charge in [0.25, 0.3) is 5.69 Å². The fourth-order valence-corrected chi connectivity index (χ4v) is 1.66. The Morgan fingerprint density at radius 3 is 2.68 bits per heavy atom. The zero-order valence-corrected chi connectivity index (χ0v) is 11.0. The summed E-state index contributed by atoms with van der Waals surface area (Å²) in [5.74, 6) is -0.361. The molecular weight excluding hydrogens is 298 g/mol. The number of nitro groups is 1. The number of ether oxygens (including phenoxy) is 1. The molecule has 0 bridgehead atoms. The molecule has 0 spiro atoms. The Bertz CT molecular complexity index is 720. The zero-order valence-electron chi connectivity index (χ0n) is 11.0. The summed E-state index contributed by atoms with van der Waals surface area (Å²) in [6.07, 6.45) is 1.13. The van der Waals surface area contributed by atoms with Gasteiger partial charge in [0.1, 0.15) is 11.4 Å². The summed E-state index contributed by atoms with van der Waals surface area (Å²) >= 11 is 0. The number of benzene rings is 2. The minimum atomic E-state index is -3.00. The minimum absolute atomic E-state index is 0.0843. The van der Waals surface area contributed by atoms with Crippen molar-refractivity contribution in [2.75, 3.05) is 0 Å². The van der Waals surface area contributed by atoms with E-state index in [0.29, 0.717) is 0 Å². The van der Waals surface area contributed by atoms with Crippen LogP contribution in [0.15, 0.2) is 47.5 Å². The first kappa shape index (κ1) is 15.4. The van der Waals surface area contributed by atoms with Gasteiger partial charge in [-0.1, -0.05) is 12.1 Å². The number of para-hydroxylation sites is 2. The number of nitro benzene ring substituents is 1. The fraction of sp³-hybridized carbons (Fsp3) is 0.0714. The smallest absolute Gasteiger partial charge is 0.387 e. The number of phenols is 1. The standard InChI is InChI=1S/C14H10F2N2O4/c15-14(16)22-13-4-2-1-3-11(13)17-8-9-7-10(18(20)21)5-6-12(9)19/h1-8,14,19H. The first-order valence-electron chi connectivity index (χ1n) is 6.02. The molecule has 0 radical (unpaired) electrons. The topological polar surface area (TPSA) is 85.0 Å². The van der Waals surface area contributed by atoms with E-state index in [1.54, 1.807) is 6.07 Å². The lowest BCUT2D eigenvalue weighted by molar-refractivity contribution is -0.384. The third-order valence-electron chi connectivity index (χ3n) is 2.65. The van der Waals surface area contributed by atoms with E-state index < -0.39 is 11.5 Å². The molecule has 0 fully saturated rings. The quantitative estimate of drug-likeness (QED) is 0.519. The van der Waals surface area contributed by atoms with E-state index in [2.05, 4.69) is 9.73 Å². The summed E-state index contributed by atoms with van der Waals surface area (Å²) in [5, 5.41) is 20.3. The summed E-state index contributed by atoms with van der Waals surface area (Å²) in [7, 11) is 0. The molecule has 0 unspecified atom stereocenters. The Morgan fingerprint density at radius 1 is 1.27 bits per heavy atom. The highest BCUT2D eigenvalue weighted by molar-refractivity contribution is 5.86. The van der Waals surface area contributed by atoms with Gasteiger partial charge in [-0.3, -0.25) is 15.1 Å². The van der Waals surface area contributed by atoms with E-state index in [4.69, 9.17) is 0 Å². The molecule has 0 amide bonds. The first-order valence-corrected chi connectivity index (χ1v) is 6.02. The number of non-ortho nitro benzene ring substituents is 1. The SMILES string of the molecule is O=[N+]([O-])c1ccc(O)c(C=Nc2ccccc2OC(F)F)c1. The van der Waals surface area contributed by atoms with Crippen LogP contribution in [-0.4, -0.2) is 22.9 Å². The number of hydrogen-bond acceptors (Lipinski definition) is 5. The summed E-state index contributed by atoms with van der Waals surface area (Å²) in [4.78, 5) is 14.0. The maximum Gasteiger partial charge on any atom is 0.387 e. The van der Waals surface area contributed by atoms with Gasteiger partial charge in [-0.15, -0.1) is 0 Å².